The minimum Gasteiger partial charge on any atom is -0.478 e. The molecule has 1 aromatic heterocycles. The highest BCUT2D eigenvalue weighted by Crippen LogP contribution is 2.30. The summed E-state index contributed by atoms with van der Waals surface area (Å²) in [6.07, 6.45) is 1.68. The Bertz CT molecular complexity index is 1620. The predicted octanol–water partition coefficient (Wildman–Crippen LogP) is 3.83. The van der Waals surface area contributed by atoms with Crippen molar-refractivity contribution < 1.29 is 29.4 Å². The van der Waals surface area contributed by atoms with E-state index in [2.05, 4.69) is 16.8 Å². The van der Waals surface area contributed by atoms with Crippen LogP contribution in [0.3, 0.4) is 0 Å². The molecule has 0 fully saturated rings. The van der Waals surface area contributed by atoms with Crippen molar-refractivity contribution in [1.29, 1.82) is 0 Å². The normalized spacial score (nSPS) is 12.3. The second kappa shape index (κ2) is 8.24. The number of imide groups is 1. The molecule has 3 aromatic carbocycles. The van der Waals surface area contributed by atoms with Gasteiger partial charge in [0.2, 0.25) is 0 Å². The third kappa shape index (κ3) is 3.77. The van der Waals surface area contributed by atoms with Crippen LogP contribution in [0.25, 0.3) is 10.9 Å². The first-order chi connectivity index (χ1) is 16.8. The van der Waals surface area contributed by atoms with Crippen molar-refractivity contribution in [2.45, 2.75) is 0 Å². The number of amides is 2. The number of hydrogen-bond donors (Lipinski definition) is 2. The van der Waals surface area contributed by atoms with Crippen molar-refractivity contribution in [2.24, 2.45) is 0 Å². The molecule has 1 aliphatic rings. The van der Waals surface area contributed by atoms with Gasteiger partial charge in [0.15, 0.2) is 0 Å². The summed E-state index contributed by atoms with van der Waals surface area (Å²) >= 11 is 0. The number of rotatable bonds is 3. The predicted molar refractivity (Wildman–Crippen MR) is 126 cm³/mol. The molecule has 0 saturated carbocycles. The maximum Gasteiger partial charge on any atom is 0.335 e. The van der Waals surface area contributed by atoms with Gasteiger partial charge in [0.05, 0.1) is 39.0 Å². The molecule has 8 nitrogen and oxygen atoms in total. The first-order valence-corrected chi connectivity index (χ1v) is 10.3. The van der Waals surface area contributed by atoms with Crippen LogP contribution < -0.4 is 4.90 Å². The summed E-state index contributed by atoms with van der Waals surface area (Å²) in [6.45, 7) is 0. The van der Waals surface area contributed by atoms with Crippen LogP contribution in [0.5, 0.6) is 0 Å². The van der Waals surface area contributed by atoms with E-state index in [0.29, 0.717) is 11.1 Å². The van der Waals surface area contributed by atoms with Crippen LogP contribution in [-0.2, 0) is 0 Å². The van der Waals surface area contributed by atoms with E-state index in [4.69, 9.17) is 0 Å². The number of aromatic nitrogens is 1. The number of carboxylic acids is 2. The third-order valence-corrected chi connectivity index (χ3v) is 5.53. The van der Waals surface area contributed by atoms with Crippen LogP contribution in [0.2, 0.25) is 0 Å². The van der Waals surface area contributed by atoms with Crippen LogP contribution in [0, 0.1) is 11.8 Å². The summed E-state index contributed by atoms with van der Waals surface area (Å²) in [6, 6.07) is 17.1. The zero-order valence-electron chi connectivity index (χ0n) is 17.9. The van der Waals surface area contributed by atoms with Gasteiger partial charge in [0.1, 0.15) is 0 Å². The Kier molecular flexibility index (Phi) is 5.08. The first kappa shape index (κ1) is 21.6. The Labute approximate surface area is 198 Å². The van der Waals surface area contributed by atoms with Gasteiger partial charge in [0.25, 0.3) is 11.8 Å². The molecule has 0 aliphatic carbocycles. The number of anilines is 1. The number of fused-ring (bicyclic) bond motifs is 2. The molecule has 1 aliphatic heterocycles. The second-order valence-electron chi connectivity index (χ2n) is 7.72. The fraction of sp³-hybridized carbons (Fsp3) is 0. The molecule has 0 saturated heterocycles. The van der Waals surface area contributed by atoms with E-state index < -0.39 is 23.8 Å². The second-order valence-corrected chi connectivity index (χ2v) is 7.72. The molecule has 168 valence electrons. The summed E-state index contributed by atoms with van der Waals surface area (Å²) in [5.74, 6) is 1.90. The molecular weight excluding hydrogens is 448 g/mol. The van der Waals surface area contributed by atoms with Crippen molar-refractivity contribution in [1.82, 2.24) is 4.98 Å². The average molecular weight is 462 g/mol. The van der Waals surface area contributed by atoms with Gasteiger partial charge >= 0.3 is 11.9 Å². The topological polar surface area (TPSA) is 125 Å². The molecule has 2 amide bonds. The molecule has 2 heterocycles. The Morgan fingerprint density at radius 2 is 1.46 bits per heavy atom. The van der Waals surface area contributed by atoms with Crippen LogP contribution in [0.4, 0.5) is 5.69 Å². The van der Waals surface area contributed by atoms with Crippen molar-refractivity contribution in [2.75, 3.05) is 4.90 Å². The third-order valence-electron chi connectivity index (χ3n) is 5.53. The SMILES string of the molecule is O=C(O)c1cc(C(=O)O)cc(N2C(=O)c3ccc(C#Cc4cccc5cccnc45)cc3C2=O)c1. The van der Waals surface area contributed by atoms with E-state index in [0.717, 1.165) is 34.0 Å². The highest BCUT2D eigenvalue weighted by Gasteiger charge is 2.37. The van der Waals surface area contributed by atoms with Gasteiger partial charge in [-0.3, -0.25) is 14.6 Å². The van der Waals surface area contributed by atoms with Gasteiger partial charge < -0.3 is 10.2 Å². The Morgan fingerprint density at radius 3 is 2.17 bits per heavy atom. The number of pyridine rings is 1. The number of benzene rings is 3. The lowest BCUT2D eigenvalue weighted by atomic mass is 10.1. The fourth-order valence-electron chi connectivity index (χ4n) is 3.88. The van der Waals surface area contributed by atoms with Gasteiger partial charge in [-0.15, -0.1) is 0 Å². The van der Waals surface area contributed by atoms with Crippen molar-refractivity contribution in [3.05, 3.63) is 106 Å². The van der Waals surface area contributed by atoms with E-state index >= 15 is 0 Å². The maximum atomic E-state index is 13.1. The summed E-state index contributed by atoms with van der Waals surface area (Å²) in [7, 11) is 0. The lowest BCUT2D eigenvalue weighted by molar-refractivity contribution is 0.0695. The van der Waals surface area contributed by atoms with E-state index in [9.17, 15) is 29.4 Å². The van der Waals surface area contributed by atoms with Gasteiger partial charge in [-0.1, -0.05) is 30.0 Å². The van der Waals surface area contributed by atoms with Crippen molar-refractivity contribution in [3.63, 3.8) is 0 Å². The standard InChI is InChI=1S/C27H14N2O6/c30-24-21-9-7-15(6-8-17-4-1-3-16-5-2-10-28-23(16)17)11-22(21)25(31)29(24)20-13-18(26(32)33)12-19(14-20)27(34)35/h1-5,7,9-14H,(H,32,33)(H,34,35). The zero-order valence-corrected chi connectivity index (χ0v) is 17.9. The Hall–Kier alpha value is -5.29. The number of carboxylic acid groups (broad SMARTS) is 2. The Balaban J connectivity index is 1.53. The van der Waals surface area contributed by atoms with E-state index in [1.807, 2.05) is 30.3 Å². The molecule has 0 radical (unpaired) electrons. The van der Waals surface area contributed by atoms with E-state index in [1.165, 1.54) is 12.1 Å². The number of para-hydroxylation sites is 1. The molecule has 5 rings (SSSR count). The van der Waals surface area contributed by atoms with Gasteiger partial charge in [-0.25, -0.2) is 14.5 Å². The van der Waals surface area contributed by atoms with Gasteiger partial charge in [-0.05, 0) is 48.5 Å². The smallest absolute Gasteiger partial charge is 0.335 e. The van der Waals surface area contributed by atoms with Crippen LogP contribution in [-0.4, -0.2) is 39.0 Å². The first-order valence-electron chi connectivity index (χ1n) is 10.3. The van der Waals surface area contributed by atoms with E-state index in [1.54, 1.807) is 12.3 Å². The summed E-state index contributed by atoms with van der Waals surface area (Å²) in [4.78, 5) is 54.1. The molecule has 0 unspecified atom stereocenters. The summed E-state index contributed by atoms with van der Waals surface area (Å²) in [5.41, 5.74) is 1.31. The molecule has 0 atom stereocenters. The fourth-order valence-corrected chi connectivity index (χ4v) is 3.88. The average Bonchev–Trinajstić information content (AvgIpc) is 3.11. The van der Waals surface area contributed by atoms with Crippen LogP contribution in [0.1, 0.15) is 52.6 Å². The number of carbonyl (C=O) groups excluding carboxylic acids is 2. The highest BCUT2D eigenvalue weighted by molar-refractivity contribution is 6.34. The highest BCUT2D eigenvalue weighted by atomic mass is 16.4. The van der Waals surface area contributed by atoms with Crippen LogP contribution in [0.15, 0.2) is 72.9 Å². The molecular formula is C27H14N2O6. The minimum absolute atomic E-state index is 0.0930. The van der Waals surface area contributed by atoms with E-state index in [-0.39, 0.29) is 27.9 Å². The summed E-state index contributed by atoms with van der Waals surface area (Å²) in [5, 5.41) is 19.6. The zero-order chi connectivity index (χ0) is 24.7. The monoisotopic (exact) mass is 462 g/mol. The maximum absolute atomic E-state index is 13.1. The number of carbonyl (C=O) groups is 4. The Morgan fingerprint density at radius 1 is 0.771 bits per heavy atom. The number of hydrogen-bond acceptors (Lipinski definition) is 5. The molecule has 4 aromatic rings. The molecule has 2 N–H and O–H groups in total. The van der Waals surface area contributed by atoms with Crippen LogP contribution >= 0.6 is 0 Å². The van der Waals surface area contributed by atoms with Gasteiger partial charge in [0, 0.05) is 17.1 Å². The number of aromatic carboxylic acids is 2. The quantitative estimate of drug-likeness (QED) is 0.350. The lowest BCUT2D eigenvalue weighted by Gasteiger charge is -2.15. The van der Waals surface area contributed by atoms with Gasteiger partial charge in [-0.2, -0.15) is 0 Å². The molecule has 35 heavy (non-hydrogen) atoms. The van der Waals surface area contributed by atoms with Crippen molar-refractivity contribution >= 4 is 40.3 Å². The largest absolute Gasteiger partial charge is 0.478 e. The minimum atomic E-state index is -1.38. The summed E-state index contributed by atoms with van der Waals surface area (Å²) < 4.78 is 0. The molecule has 0 bridgehead atoms. The molecule has 8 heteroatoms. The molecule has 0 spiro atoms. The van der Waals surface area contributed by atoms with Crippen molar-refractivity contribution in [3.8, 4) is 11.8 Å². The number of nitrogens with zero attached hydrogens (tertiary/aromatic N) is 2. The lowest BCUT2D eigenvalue weighted by Crippen LogP contribution is -2.29.